The first kappa shape index (κ1) is 13.7. The molecule has 9 heteroatoms. The highest BCUT2D eigenvalue weighted by atomic mass is 35.5. The third kappa shape index (κ3) is 2.76. The lowest BCUT2D eigenvalue weighted by Gasteiger charge is -2.06. The van der Waals surface area contributed by atoms with E-state index in [4.69, 9.17) is 16.0 Å². The van der Waals surface area contributed by atoms with Crippen molar-refractivity contribution < 1.29 is 12.8 Å². The van der Waals surface area contributed by atoms with Gasteiger partial charge < -0.3 is 4.42 Å². The molecule has 0 saturated heterocycles. The van der Waals surface area contributed by atoms with E-state index in [2.05, 4.69) is 14.7 Å². The van der Waals surface area contributed by atoms with Crippen molar-refractivity contribution in [3.05, 3.63) is 52.1 Å². The molecule has 0 fully saturated rings. The van der Waals surface area contributed by atoms with Crippen molar-refractivity contribution in [1.82, 2.24) is 9.97 Å². The summed E-state index contributed by atoms with van der Waals surface area (Å²) in [6.45, 7) is 0. The van der Waals surface area contributed by atoms with Crippen LogP contribution in [0.25, 0.3) is 11.1 Å². The van der Waals surface area contributed by atoms with E-state index in [0.29, 0.717) is 10.5 Å². The van der Waals surface area contributed by atoms with E-state index in [1.807, 2.05) is 0 Å². The normalized spacial score (nSPS) is 11.7. The lowest BCUT2D eigenvalue weighted by molar-refractivity contribution is 0.554. The summed E-state index contributed by atoms with van der Waals surface area (Å²) in [6, 6.07) is 7.01. The van der Waals surface area contributed by atoms with Gasteiger partial charge in [0.1, 0.15) is 5.82 Å². The number of aromatic nitrogens is 2. The molecule has 0 unspecified atom stereocenters. The summed E-state index contributed by atoms with van der Waals surface area (Å²) < 4.78 is 31.6. The summed E-state index contributed by atoms with van der Waals surface area (Å²) in [7, 11) is -3.84. The van der Waals surface area contributed by atoms with Crippen LogP contribution in [0.1, 0.15) is 0 Å². The summed E-state index contributed by atoms with van der Waals surface area (Å²) in [5.41, 5.74) is 0.579. The largest absolute Gasteiger partial charge is 0.417 e. The number of fused-ring (bicyclic) bond motifs is 1. The van der Waals surface area contributed by atoms with Gasteiger partial charge in [-0.1, -0.05) is 11.6 Å². The zero-order chi connectivity index (χ0) is 15.0. The number of benzene rings is 1. The molecule has 3 aromatic rings. The Hall–Kier alpha value is -2.32. The summed E-state index contributed by atoms with van der Waals surface area (Å²) in [6.07, 6.45) is 1.33. The molecular formula is C12H8ClN3O4S. The predicted molar refractivity (Wildman–Crippen MR) is 76.9 cm³/mol. The quantitative estimate of drug-likeness (QED) is 0.766. The van der Waals surface area contributed by atoms with Gasteiger partial charge in [-0.25, -0.2) is 18.2 Å². The number of aromatic amines is 1. The molecule has 0 aliphatic heterocycles. The van der Waals surface area contributed by atoms with E-state index in [1.165, 1.54) is 36.5 Å². The molecule has 2 aromatic heterocycles. The topological polar surface area (TPSA) is 105 Å². The van der Waals surface area contributed by atoms with E-state index < -0.39 is 15.8 Å². The molecule has 0 atom stereocenters. The smallest absolute Gasteiger partial charge is 0.408 e. The Bertz CT molecular complexity index is 960. The van der Waals surface area contributed by atoms with Gasteiger partial charge in [0.2, 0.25) is 0 Å². The second-order valence-corrected chi connectivity index (χ2v) is 6.26. The number of hydrogen-bond donors (Lipinski definition) is 2. The number of nitrogens with one attached hydrogen (secondary N) is 2. The zero-order valence-electron chi connectivity index (χ0n) is 10.3. The van der Waals surface area contributed by atoms with Crippen molar-refractivity contribution >= 4 is 38.5 Å². The van der Waals surface area contributed by atoms with Crippen LogP contribution in [0.15, 0.2) is 50.6 Å². The number of H-pyrrole nitrogens is 1. The summed E-state index contributed by atoms with van der Waals surface area (Å²) in [5, 5.41) is 0.397. The van der Waals surface area contributed by atoms with Crippen LogP contribution in [0.4, 0.5) is 5.82 Å². The molecule has 0 amide bonds. The number of anilines is 1. The molecule has 0 saturated carbocycles. The monoisotopic (exact) mass is 325 g/mol. The number of hydrogen-bond acceptors (Lipinski definition) is 5. The van der Waals surface area contributed by atoms with E-state index in [9.17, 15) is 13.2 Å². The average Bonchev–Trinajstić information content (AvgIpc) is 2.80. The second-order valence-electron chi connectivity index (χ2n) is 4.14. The van der Waals surface area contributed by atoms with Crippen LogP contribution in [-0.2, 0) is 10.0 Å². The van der Waals surface area contributed by atoms with Crippen molar-refractivity contribution in [2.75, 3.05) is 4.72 Å². The Balaban J connectivity index is 1.99. The zero-order valence-corrected chi connectivity index (χ0v) is 11.9. The van der Waals surface area contributed by atoms with Gasteiger partial charge in [-0.2, -0.15) is 0 Å². The van der Waals surface area contributed by atoms with Gasteiger partial charge in [0, 0.05) is 12.3 Å². The fourth-order valence-corrected chi connectivity index (χ4v) is 2.86. The van der Waals surface area contributed by atoms with Crippen molar-refractivity contribution in [2.24, 2.45) is 0 Å². The number of rotatable bonds is 3. The highest BCUT2D eigenvalue weighted by Crippen LogP contribution is 2.19. The van der Waals surface area contributed by atoms with Crippen LogP contribution in [0.3, 0.4) is 0 Å². The van der Waals surface area contributed by atoms with Crippen LogP contribution in [0.5, 0.6) is 0 Å². The molecule has 21 heavy (non-hydrogen) atoms. The first-order valence-electron chi connectivity index (χ1n) is 5.71. The SMILES string of the molecule is O=c1[nH]c2ccc(S(=O)(=O)Nc3ccc(Cl)cn3)cc2o1. The highest BCUT2D eigenvalue weighted by molar-refractivity contribution is 7.92. The van der Waals surface area contributed by atoms with Gasteiger partial charge >= 0.3 is 5.76 Å². The molecule has 2 heterocycles. The molecule has 0 aliphatic carbocycles. The van der Waals surface area contributed by atoms with Crippen LogP contribution < -0.4 is 10.5 Å². The summed E-state index contributed by atoms with van der Waals surface area (Å²) >= 11 is 5.68. The van der Waals surface area contributed by atoms with Gasteiger partial charge in [0.05, 0.1) is 15.4 Å². The summed E-state index contributed by atoms with van der Waals surface area (Å²) in [5.74, 6) is -0.512. The van der Waals surface area contributed by atoms with Gasteiger partial charge in [-0.3, -0.25) is 9.71 Å². The molecule has 3 rings (SSSR count). The average molecular weight is 326 g/mol. The maximum atomic E-state index is 12.2. The Morgan fingerprint density at radius 1 is 1.24 bits per heavy atom. The van der Waals surface area contributed by atoms with Gasteiger partial charge in [-0.15, -0.1) is 0 Å². The Morgan fingerprint density at radius 2 is 2.05 bits per heavy atom. The highest BCUT2D eigenvalue weighted by Gasteiger charge is 2.16. The number of halogens is 1. The van der Waals surface area contributed by atoms with Crippen molar-refractivity contribution in [1.29, 1.82) is 0 Å². The molecule has 0 radical (unpaired) electrons. The predicted octanol–water partition coefficient (Wildman–Crippen LogP) is 1.97. The fourth-order valence-electron chi connectivity index (χ4n) is 1.73. The van der Waals surface area contributed by atoms with Crippen molar-refractivity contribution in [3.8, 4) is 0 Å². The maximum Gasteiger partial charge on any atom is 0.417 e. The molecule has 108 valence electrons. The third-order valence-electron chi connectivity index (χ3n) is 2.67. The van der Waals surface area contributed by atoms with Gasteiger partial charge in [-0.05, 0) is 24.3 Å². The minimum Gasteiger partial charge on any atom is -0.408 e. The minimum atomic E-state index is -3.84. The number of nitrogens with zero attached hydrogens (tertiary/aromatic N) is 1. The summed E-state index contributed by atoms with van der Waals surface area (Å²) in [4.78, 5) is 17.3. The van der Waals surface area contributed by atoms with Gasteiger partial charge in [0.25, 0.3) is 10.0 Å². The molecule has 2 N–H and O–H groups in total. The third-order valence-corrected chi connectivity index (χ3v) is 4.25. The number of sulfonamides is 1. The van der Waals surface area contributed by atoms with Crippen LogP contribution in [0.2, 0.25) is 5.02 Å². The molecule has 0 bridgehead atoms. The number of oxazole rings is 1. The first-order chi connectivity index (χ1) is 9.94. The van der Waals surface area contributed by atoms with E-state index in [1.54, 1.807) is 0 Å². The molecular weight excluding hydrogens is 318 g/mol. The lowest BCUT2D eigenvalue weighted by Crippen LogP contribution is -2.13. The molecule has 0 spiro atoms. The molecule has 7 nitrogen and oxygen atoms in total. The fraction of sp³-hybridized carbons (Fsp3) is 0. The number of pyridine rings is 1. The Morgan fingerprint density at radius 3 is 2.76 bits per heavy atom. The maximum absolute atomic E-state index is 12.2. The lowest BCUT2D eigenvalue weighted by atomic mass is 10.3. The van der Waals surface area contributed by atoms with E-state index >= 15 is 0 Å². The first-order valence-corrected chi connectivity index (χ1v) is 7.57. The van der Waals surface area contributed by atoms with Gasteiger partial charge in [0.15, 0.2) is 5.58 Å². The Labute approximate surface area is 123 Å². The van der Waals surface area contributed by atoms with Crippen LogP contribution in [-0.4, -0.2) is 18.4 Å². The van der Waals surface area contributed by atoms with Crippen LogP contribution >= 0.6 is 11.6 Å². The molecule has 0 aliphatic rings. The standard InChI is InChI=1S/C12H8ClN3O4S/c13-7-1-4-11(14-6-7)16-21(18,19)8-2-3-9-10(5-8)20-12(17)15-9/h1-6H,(H,14,16)(H,15,17). The van der Waals surface area contributed by atoms with Crippen molar-refractivity contribution in [2.45, 2.75) is 4.90 Å². The van der Waals surface area contributed by atoms with Crippen LogP contribution in [0, 0.1) is 0 Å². The van der Waals surface area contributed by atoms with Crippen molar-refractivity contribution in [3.63, 3.8) is 0 Å². The molecule has 1 aromatic carbocycles. The second kappa shape index (κ2) is 4.90. The minimum absolute atomic E-state index is 0.0468. The van der Waals surface area contributed by atoms with E-state index in [-0.39, 0.29) is 16.3 Å². The Kier molecular flexibility index (Phi) is 3.19. The van der Waals surface area contributed by atoms with E-state index in [0.717, 1.165) is 0 Å².